The molecule has 102 valence electrons. The first-order chi connectivity index (χ1) is 8.84. The van der Waals surface area contributed by atoms with Crippen LogP contribution in [-0.2, 0) is 17.1 Å². The van der Waals surface area contributed by atoms with Crippen LogP contribution in [0.2, 0.25) is 0 Å². The molecule has 0 radical (unpaired) electrons. The first-order valence-electron chi connectivity index (χ1n) is 5.13. The second-order valence-corrected chi connectivity index (χ2v) is 6.39. The maximum absolute atomic E-state index is 12.8. The Balaban J connectivity index is 2.48. The van der Waals surface area contributed by atoms with Crippen molar-refractivity contribution in [2.75, 3.05) is 11.4 Å². The van der Waals surface area contributed by atoms with Crippen molar-refractivity contribution in [3.8, 4) is 0 Å². The van der Waals surface area contributed by atoms with Gasteiger partial charge in [-0.3, -0.25) is 4.31 Å². The fourth-order valence-electron chi connectivity index (χ4n) is 1.52. The third-order valence-electron chi connectivity index (χ3n) is 2.53. The van der Waals surface area contributed by atoms with E-state index in [0.29, 0.717) is 5.69 Å². The van der Waals surface area contributed by atoms with E-state index in [0.717, 1.165) is 8.99 Å². The molecule has 0 aliphatic rings. The van der Waals surface area contributed by atoms with Crippen molar-refractivity contribution in [3.63, 3.8) is 0 Å². The maximum Gasteiger partial charge on any atom is 0.284 e. The number of rotatable bonds is 3. The third-order valence-corrected chi connectivity index (χ3v) is 5.21. The molecule has 0 amide bonds. The number of aryl methyl sites for hydroxylation is 1. The fourth-order valence-corrected chi connectivity index (χ4v) is 3.74. The number of benzene rings is 1. The van der Waals surface area contributed by atoms with E-state index in [4.69, 9.17) is 0 Å². The summed E-state index contributed by atoms with van der Waals surface area (Å²) in [5.74, 6) is -0.432. The minimum Gasteiger partial charge on any atom is -0.268 e. The molecule has 0 aliphatic carbocycles. The largest absolute Gasteiger partial charge is 0.284 e. The molecule has 0 fully saturated rings. The molecule has 0 N–H and O–H groups in total. The van der Waals surface area contributed by atoms with Gasteiger partial charge in [-0.15, -0.1) is 5.10 Å². The molecule has 19 heavy (non-hydrogen) atoms. The average molecular weight is 349 g/mol. The molecule has 6 nitrogen and oxygen atoms in total. The predicted octanol–water partition coefficient (Wildman–Crippen LogP) is 1.54. The Hall–Kier alpha value is -1.48. The minimum atomic E-state index is -3.82. The van der Waals surface area contributed by atoms with E-state index in [1.54, 1.807) is 0 Å². The summed E-state index contributed by atoms with van der Waals surface area (Å²) in [4.78, 5) is 0. The van der Waals surface area contributed by atoms with Crippen molar-refractivity contribution < 1.29 is 12.8 Å². The molecule has 1 aromatic heterocycles. The van der Waals surface area contributed by atoms with Crippen LogP contribution in [0.15, 0.2) is 33.9 Å². The fraction of sp³-hybridized carbons (Fsp3) is 0.200. The first kappa shape index (κ1) is 13.9. The SMILES string of the molecule is CN(c1ccc(F)cc1)S(=O)(=O)c1c(Br)nnn1C. The summed E-state index contributed by atoms with van der Waals surface area (Å²) in [5.41, 5.74) is 0.342. The Morgan fingerprint density at radius 1 is 1.32 bits per heavy atom. The van der Waals surface area contributed by atoms with E-state index in [1.165, 1.54) is 38.4 Å². The molecule has 9 heteroatoms. The molecule has 0 bridgehead atoms. The molecule has 0 aliphatic heterocycles. The van der Waals surface area contributed by atoms with Crippen LogP contribution >= 0.6 is 15.9 Å². The average Bonchev–Trinajstić information content (AvgIpc) is 2.69. The predicted molar refractivity (Wildman–Crippen MR) is 70.7 cm³/mol. The van der Waals surface area contributed by atoms with Gasteiger partial charge in [0, 0.05) is 14.1 Å². The lowest BCUT2D eigenvalue weighted by atomic mass is 10.3. The van der Waals surface area contributed by atoms with Gasteiger partial charge >= 0.3 is 0 Å². The van der Waals surface area contributed by atoms with Gasteiger partial charge < -0.3 is 0 Å². The van der Waals surface area contributed by atoms with Gasteiger partial charge in [0.2, 0.25) is 5.03 Å². The summed E-state index contributed by atoms with van der Waals surface area (Å²) in [6.45, 7) is 0. The van der Waals surface area contributed by atoms with Crippen molar-refractivity contribution in [3.05, 3.63) is 34.7 Å². The van der Waals surface area contributed by atoms with Gasteiger partial charge in [-0.25, -0.2) is 9.07 Å². The Bertz CT molecular complexity index is 679. The van der Waals surface area contributed by atoms with Crippen LogP contribution in [0.25, 0.3) is 0 Å². The topological polar surface area (TPSA) is 68.1 Å². The Labute approximate surface area is 118 Å². The zero-order valence-corrected chi connectivity index (χ0v) is 12.5. The smallest absolute Gasteiger partial charge is 0.268 e. The van der Waals surface area contributed by atoms with Crippen molar-refractivity contribution in [1.29, 1.82) is 0 Å². The van der Waals surface area contributed by atoms with Crippen LogP contribution in [0.4, 0.5) is 10.1 Å². The van der Waals surface area contributed by atoms with E-state index in [-0.39, 0.29) is 9.63 Å². The summed E-state index contributed by atoms with van der Waals surface area (Å²) in [7, 11) is -0.969. The van der Waals surface area contributed by atoms with Crippen LogP contribution < -0.4 is 4.31 Å². The van der Waals surface area contributed by atoms with Crippen LogP contribution in [0, 0.1) is 5.82 Å². The standard InChI is InChI=1S/C10H10BrFN4O2S/c1-15-10(9(11)13-14-15)19(17,18)16(2)8-5-3-7(12)4-6-8/h3-6H,1-2H3. The number of hydrogen-bond acceptors (Lipinski definition) is 4. The highest BCUT2D eigenvalue weighted by molar-refractivity contribution is 9.10. The van der Waals surface area contributed by atoms with Crippen LogP contribution in [-0.4, -0.2) is 30.5 Å². The molecule has 0 atom stereocenters. The molecule has 0 saturated carbocycles. The maximum atomic E-state index is 12.8. The molecule has 2 rings (SSSR count). The number of halogens is 2. The zero-order valence-electron chi connectivity index (χ0n) is 10.1. The number of nitrogens with zero attached hydrogens (tertiary/aromatic N) is 4. The number of sulfonamides is 1. The van der Waals surface area contributed by atoms with E-state index >= 15 is 0 Å². The van der Waals surface area contributed by atoms with Crippen LogP contribution in [0.3, 0.4) is 0 Å². The monoisotopic (exact) mass is 348 g/mol. The van der Waals surface area contributed by atoms with Gasteiger partial charge in [-0.2, -0.15) is 8.42 Å². The second kappa shape index (κ2) is 4.89. The van der Waals surface area contributed by atoms with Crippen molar-refractivity contribution >= 4 is 31.6 Å². The van der Waals surface area contributed by atoms with Gasteiger partial charge in [-0.05, 0) is 40.2 Å². The molecular weight excluding hydrogens is 339 g/mol. The van der Waals surface area contributed by atoms with Gasteiger partial charge in [0.1, 0.15) is 5.82 Å². The Morgan fingerprint density at radius 3 is 2.37 bits per heavy atom. The van der Waals surface area contributed by atoms with E-state index < -0.39 is 15.8 Å². The van der Waals surface area contributed by atoms with Crippen molar-refractivity contribution in [2.45, 2.75) is 5.03 Å². The van der Waals surface area contributed by atoms with Crippen molar-refractivity contribution in [2.24, 2.45) is 7.05 Å². The number of hydrogen-bond donors (Lipinski definition) is 0. The zero-order chi connectivity index (χ0) is 14.2. The van der Waals surface area contributed by atoms with Crippen LogP contribution in [0.1, 0.15) is 0 Å². The lowest BCUT2D eigenvalue weighted by molar-refractivity contribution is 0.572. The highest BCUT2D eigenvalue weighted by atomic mass is 79.9. The lowest BCUT2D eigenvalue weighted by Crippen LogP contribution is -2.28. The van der Waals surface area contributed by atoms with Gasteiger partial charge in [0.25, 0.3) is 10.0 Å². The molecule has 1 heterocycles. The lowest BCUT2D eigenvalue weighted by Gasteiger charge is -2.19. The van der Waals surface area contributed by atoms with Gasteiger partial charge in [-0.1, -0.05) is 5.21 Å². The minimum absolute atomic E-state index is 0.0701. The van der Waals surface area contributed by atoms with Crippen LogP contribution in [0.5, 0.6) is 0 Å². The normalized spacial score (nSPS) is 11.6. The molecular formula is C10H10BrFN4O2S. The molecule has 2 aromatic rings. The summed E-state index contributed by atoms with van der Waals surface area (Å²) < 4.78 is 40.0. The first-order valence-corrected chi connectivity index (χ1v) is 7.37. The Kier molecular flexibility index (Phi) is 3.59. The summed E-state index contributed by atoms with van der Waals surface area (Å²) in [6, 6.07) is 5.14. The highest BCUT2D eigenvalue weighted by Gasteiger charge is 2.28. The van der Waals surface area contributed by atoms with Gasteiger partial charge in [0.05, 0.1) is 5.69 Å². The molecule has 1 aromatic carbocycles. The molecule has 0 spiro atoms. The summed E-state index contributed by atoms with van der Waals surface area (Å²) in [6.07, 6.45) is 0. The number of aromatic nitrogens is 3. The Morgan fingerprint density at radius 2 is 1.89 bits per heavy atom. The summed E-state index contributed by atoms with van der Waals surface area (Å²) >= 11 is 3.05. The molecule has 0 unspecified atom stereocenters. The number of anilines is 1. The quantitative estimate of drug-likeness (QED) is 0.843. The van der Waals surface area contributed by atoms with E-state index in [1.807, 2.05) is 0 Å². The van der Waals surface area contributed by atoms with E-state index in [9.17, 15) is 12.8 Å². The highest BCUT2D eigenvalue weighted by Crippen LogP contribution is 2.25. The third kappa shape index (κ3) is 2.47. The van der Waals surface area contributed by atoms with E-state index in [2.05, 4.69) is 26.2 Å². The van der Waals surface area contributed by atoms with Crippen molar-refractivity contribution in [1.82, 2.24) is 15.0 Å². The van der Waals surface area contributed by atoms with Gasteiger partial charge in [0.15, 0.2) is 4.60 Å². The summed E-state index contributed by atoms with van der Waals surface area (Å²) in [5, 5.41) is 7.19. The molecule has 0 saturated heterocycles. The second-order valence-electron chi connectivity index (χ2n) is 3.76.